The van der Waals surface area contributed by atoms with Gasteiger partial charge in [0, 0.05) is 10.9 Å². The SMILES string of the molecule is C[C@H](C1Cc2cc(Cl)cc(OC(F)(F)F)c2C1=O)C(F)(F)F. The Balaban J connectivity index is 2.43. The highest BCUT2D eigenvalue weighted by atomic mass is 35.5. The van der Waals surface area contributed by atoms with Crippen LogP contribution in [0.4, 0.5) is 26.3 Å². The number of benzene rings is 1. The summed E-state index contributed by atoms with van der Waals surface area (Å²) in [7, 11) is 0. The summed E-state index contributed by atoms with van der Waals surface area (Å²) in [6, 6.07) is 1.95. The molecular weight excluding hydrogens is 338 g/mol. The van der Waals surface area contributed by atoms with E-state index in [2.05, 4.69) is 4.74 Å². The molecule has 1 unspecified atom stereocenters. The van der Waals surface area contributed by atoms with Crippen molar-refractivity contribution in [2.75, 3.05) is 0 Å². The van der Waals surface area contributed by atoms with Crippen LogP contribution in [0.15, 0.2) is 12.1 Å². The summed E-state index contributed by atoms with van der Waals surface area (Å²) in [5.74, 6) is -5.35. The van der Waals surface area contributed by atoms with Gasteiger partial charge in [-0.1, -0.05) is 18.5 Å². The number of hydrogen-bond acceptors (Lipinski definition) is 2. The molecule has 122 valence electrons. The number of ether oxygens (including phenoxy) is 1. The van der Waals surface area contributed by atoms with Crippen LogP contribution in [0.2, 0.25) is 5.02 Å². The number of carbonyl (C=O) groups is 1. The highest BCUT2D eigenvalue weighted by Gasteiger charge is 2.48. The fourth-order valence-corrected chi connectivity index (χ4v) is 2.66. The van der Waals surface area contributed by atoms with E-state index in [-0.39, 0.29) is 17.0 Å². The molecule has 1 aromatic rings. The first-order valence-corrected chi connectivity index (χ1v) is 6.47. The average molecular weight is 347 g/mol. The minimum Gasteiger partial charge on any atom is -0.405 e. The number of halogens is 7. The van der Waals surface area contributed by atoms with Crippen LogP contribution in [0.5, 0.6) is 5.75 Å². The van der Waals surface area contributed by atoms with Gasteiger partial charge in [0.2, 0.25) is 0 Å². The van der Waals surface area contributed by atoms with Crippen molar-refractivity contribution in [2.24, 2.45) is 11.8 Å². The van der Waals surface area contributed by atoms with Crippen LogP contribution in [0, 0.1) is 11.8 Å². The molecule has 2 nitrogen and oxygen atoms in total. The lowest BCUT2D eigenvalue weighted by Crippen LogP contribution is -2.31. The maximum atomic E-state index is 12.8. The molecule has 0 aromatic heterocycles. The van der Waals surface area contributed by atoms with E-state index in [1.165, 1.54) is 6.07 Å². The first-order chi connectivity index (χ1) is 9.90. The summed E-state index contributed by atoms with van der Waals surface area (Å²) < 4.78 is 79.1. The van der Waals surface area contributed by atoms with Gasteiger partial charge in [-0.3, -0.25) is 4.79 Å². The first-order valence-electron chi connectivity index (χ1n) is 6.09. The van der Waals surface area contributed by atoms with Gasteiger partial charge in [-0.2, -0.15) is 13.2 Å². The Labute approximate surface area is 126 Å². The largest absolute Gasteiger partial charge is 0.573 e. The summed E-state index contributed by atoms with van der Waals surface area (Å²) >= 11 is 5.64. The molecule has 9 heteroatoms. The van der Waals surface area contributed by atoms with Crippen molar-refractivity contribution in [2.45, 2.75) is 25.9 Å². The number of alkyl halides is 6. The molecule has 1 aliphatic carbocycles. The van der Waals surface area contributed by atoms with E-state index in [9.17, 15) is 31.1 Å². The quantitative estimate of drug-likeness (QED) is 0.720. The Kier molecular flexibility index (Phi) is 4.10. The zero-order chi connectivity index (χ0) is 16.9. The molecule has 0 spiro atoms. The summed E-state index contributed by atoms with van der Waals surface area (Å²) in [6.07, 6.45) is -10.0. The lowest BCUT2D eigenvalue weighted by atomic mass is 9.90. The van der Waals surface area contributed by atoms with E-state index in [0.29, 0.717) is 0 Å². The van der Waals surface area contributed by atoms with E-state index in [1.807, 2.05) is 0 Å². The molecule has 22 heavy (non-hydrogen) atoms. The molecule has 0 saturated carbocycles. The lowest BCUT2D eigenvalue weighted by Gasteiger charge is -2.20. The Morgan fingerprint density at radius 3 is 2.32 bits per heavy atom. The van der Waals surface area contributed by atoms with Crippen molar-refractivity contribution in [1.29, 1.82) is 0 Å². The Morgan fingerprint density at radius 2 is 1.82 bits per heavy atom. The fourth-order valence-electron chi connectivity index (χ4n) is 2.43. The Hall–Kier alpha value is -1.44. The number of carbonyl (C=O) groups excluding carboxylic acids is 1. The van der Waals surface area contributed by atoms with Crippen molar-refractivity contribution >= 4 is 17.4 Å². The fraction of sp³-hybridized carbons (Fsp3) is 0.462. The molecule has 0 radical (unpaired) electrons. The van der Waals surface area contributed by atoms with Gasteiger partial charge in [0.05, 0.1) is 11.5 Å². The van der Waals surface area contributed by atoms with Crippen molar-refractivity contribution in [3.8, 4) is 5.75 Å². The molecule has 2 rings (SSSR count). The number of hydrogen-bond donors (Lipinski definition) is 0. The Morgan fingerprint density at radius 1 is 1.23 bits per heavy atom. The van der Waals surface area contributed by atoms with Crippen LogP contribution in [0.25, 0.3) is 0 Å². The zero-order valence-corrected chi connectivity index (χ0v) is 11.7. The first kappa shape index (κ1) is 16.9. The maximum Gasteiger partial charge on any atom is 0.573 e. The van der Waals surface area contributed by atoms with Gasteiger partial charge >= 0.3 is 12.5 Å². The highest BCUT2D eigenvalue weighted by Crippen LogP contribution is 2.44. The van der Waals surface area contributed by atoms with Crippen LogP contribution in [-0.2, 0) is 6.42 Å². The second-order valence-electron chi connectivity index (χ2n) is 4.99. The van der Waals surface area contributed by atoms with Gasteiger partial charge in [-0.05, 0) is 24.1 Å². The smallest absolute Gasteiger partial charge is 0.405 e. The van der Waals surface area contributed by atoms with Crippen LogP contribution in [0.1, 0.15) is 22.8 Å². The number of rotatable bonds is 2. The molecule has 0 saturated heterocycles. The summed E-state index contributed by atoms with van der Waals surface area (Å²) in [5, 5.41) is -0.147. The second-order valence-corrected chi connectivity index (χ2v) is 5.43. The zero-order valence-electron chi connectivity index (χ0n) is 11.0. The topological polar surface area (TPSA) is 26.3 Å². The molecule has 0 aliphatic heterocycles. The molecule has 0 amide bonds. The normalized spacial score (nSPS) is 20.0. The van der Waals surface area contributed by atoms with Gasteiger partial charge in [-0.25, -0.2) is 0 Å². The minimum atomic E-state index is -5.08. The third kappa shape index (κ3) is 3.31. The second kappa shape index (κ2) is 5.33. The van der Waals surface area contributed by atoms with Crippen molar-refractivity contribution in [3.63, 3.8) is 0 Å². The molecule has 0 N–H and O–H groups in total. The van der Waals surface area contributed by atoms with Crippen LogP contribution in [0.3, 0.4) is 0 Å². The summed E-state index contributed by atoms with van der Waals surface area (Å²) in [6.45, 7) is 0.820. The molecule has 1 aromatic carbocycles. The van der Waals surface area contributed by atoms with Crippen LogP contribution < -0.4 is 4.74 Å². The van der Waals surface area contributed by atoms with E-state index in [1.54, 1.807) is 0 Å². The van der Waals surface area contributed by atoms with E-state index in [0.717, 1.165) is 13.0 Å². The number of ketones is 1. The molecule has 0 bridgehead atoms. The predicted octanol–water partition coefficient (Wildman–Crippen LogP) is 4.79. The van der Waals surface area contributed by atoms with Gasteiger partial charge in [0.15, 0.2) is 5.78 Å². The third-order valence-electron chi connectivity index (χ3n) is 3.52. The standard InChI is InChI=1S/C13H9ClF6O2/c1-5(12(15,16)17)8-3-6-2-7(14)4-9(10(6)11(8)21)22-13(18,19)20/h2,4-5,8H,3H2,1H3/t5-,8?/m1/s1. The molecular formula is C13H9ClF6O2. The maximum absolute atomic E-state index is 12.8. The lowest BCUT2D eigenvalue weighted by molar-refractivity contribution is -0.274. The van der Waals surface area contributed by atoms with Crippen molar-refractivity contribution in [3.05, 3.63) is 28.3 Å². The van der Waals surface area contributed by atoms with E-state index >= 15 is 0 Å². The Bertz CT molecular complexity index is 608. The van der Waals surface area contributed by atoms with Gasteiger partial charge in [0.25, 0.3) is 0 Å². The molecule has 0 fully saturated rings. The third-order valence-corrected chi connectivity index (χ3v) is 3.74. The minimum absolute atomic E-state index is 0.0258. The van der Waals surface area contributed by atoms with Gasteiger partial charge in [-0.15, -0.1) is 13.2 Å². The molecule has 0 heterocycles. The molecule has 2 atom stereocenters. The van der Waals surface area contributed by atoms with Crippen molar-refractivity contribution < 1.29 is 35.9 Å². The highest BCUT2D eigenvalue weighted by molar-refractivity contribution is 6.31. The van der Waals surface area contributed by atoms with Gasteiger partial charge in [0.1, 0.15) is 5.75 Å². The average Bonchev–Trinajstić information content (AvgIpc) is 2.61. The van der Waals surface area contributed by atoms with Crippen LogP contribution in [-0.4, -0.2) is 18.3 Å². The summed E-state index contributed by atoms with van der Waals surface area (Å²) in [5.41, 5.74) is -0.458. The number of fused-ring (bicyclic) bond motifs is 1. The van der Waals surface area contributed by atoms with Crippen LogP contribution >= 0.6 is 11.6 Å². The van der Waals surface area contributed by atoms with Crippen molar-refractivity contribution in [1.82, 2.24) is 0 Å². The monoisotopic (exact) mass is 346 g/mol. The van der Waals surface area contributed by atoms with E-state index < -0.39 is 41.5 Å². The number of Topliss-reactive ketones (excluding diaryl/α,β-unsaturated/α-hetero) is 1. The van der Waals surface area contributed by atoms with Gasteiger partial charge < -0.3 is 4.74 Å². The van der Waals surface area contributed by atoms with E-state index in [4.69, 9.17) is 11.6 Å². The summed E-state index contributed by atoms with van der Waals surface area (Å²) in [4.78, 5) is 12.1. The molecule has 1 aliphatic rings. The predicted molar refractivity (Wildman–Crippen MR) is 64.9 cm³/mol.